The number of hydrogen-bond donors (Lipinski definition) is 1. The first kappa shape index (κ1) is 21.6. The van der Waals surface area contributed by atoms with Crippen molar-refractivity contribution in [1.82, 2.24) is 0 Å². The lowest BCUT2D eigenvalue weighted by molar-refractivity contribution is -0.0399. The topological polar surface area (TPSA) is 12.0 Å². The molecule has 0 radical (unpaired) electrons. The fourth-order valence-corrected chi connectivity index (χ4v) is 10.2. The van der Waals surface area contributed by atoms with Crippen LogP contribution >= 0.6 is 0 Å². The Morgan fingerprint density at radius 2 is 1.21 bits per heavy atom. The molecule has 4 bridgehead atoms. The van der Waals surface area contributed by atoms with E-state index in [9.17, 15) is 0 Å². The molecule has 0 unspecified atom stereocenters. The van der Waals surface area contributed by atoms with Crippen LogP contribution in [0.15, 0.2) is 84.9 Å². The van der Waals surface area contributed by atoms with Crippen molar-refractivity contribution >= 4 is 11.4 Å². The van der Waals surface area contributed by atoms with E-state index in [4.69, 9.17) is 0 Å². The van der Waals surface area contributed by atoms with Crippen LogP contribution in [0.5, 0.6) is 0 Å². The van der Waals surface area contributed by atoms with Crippen molar-refractivity contribution in [1.29, 1.82) is 0 Å². The van der Waals surface area contributed by atoms with Crippen molar-refractivity contribution in [2.24, 2.45) is 23.7 Å². The lowest BCUT2D eigenvalue weighted by Crippen LogP contribution is -2.55. The summed E-state index contributed by atoms with van der Waals surface area (Å²) in [6, 6.07) is 32.5. The lowest BCUT2D eigenvalue weighted by atomic mass is 9.43. The minimum absolute atomic E-state index is 0.0132. The van der Waals surface area contributed by atoms with Gasteiger partial charge in [0.15, 0.2) is 0 Å². The van der Waals surface area contributed by atoms with E-state index in [2.05, 4.69) is 104 Å². The maximum absolute atomic E-state index is 3.94. The second-order valence-electron chi connectivity index (χ2n) is 13.5. The van der Waals surface area contributed by atoms with Crippen LogP contribution in [-0.4, -0.2) is 0 Å². The quantitative estimate of drug-likeness (QED) is 0.293. The fourth-order valence-electron chi connectivity index (χ4n) is 10.2. The minimum atomic E-state index is 0.0132. The SMILES string of the molecule is CC1(C)c2ccccc2-c2ccc(Nc3cccc4c3-c3ccccc3C43C4CC5CC(C4)CC3C5)cc21. The second-order valence-corrected chi connectivity index (χ2v) is 13.5. The van der Waals surface area contributed by atoms with Crippen LogP contribution < -0.4 is 5.32 Å². The molecule has 4 fully saturated rings. The predicted molar refractivity (Wildman–Crippen MR) is 157 cm³/mol. The van der Waals surface area contributed by atoms with Crippen LogP contribution in [0.4, 0.5) is 11.4 Å². The Hall–Kier alpha value is -3.32. The largest absolute Gasteiger partial charge is 0.355 e. The van der Waals surface area contributed by atoms with Gasteiger partial charge < -0.3 is 5.32 Å². The molecular weight excluding hydrogens is 458 g/mol. The molecule has 0 saturated heterocycles. The molecule has 1 N–H and O–H groups in total. The Kier molecular flexibility index (Phi) is 4.09. The summed E-state index contributed by atoms with van der Waals surface area (Å²) in [6.45, 7) is 4.74. The van der Waals surface area contributed by atoms with E-state index in [-0.39, 0.29) is 10.8 Å². The van der Waals surface area contributed by atoms with Crippen LogP contribution in [0.2, 0.25) is 0 Å². The van der Waals surface area contributed by atoms with Gasteiger partial charge in [0.25, 0.3) is 0 Å². The molecule has 0 amide bonds. The van der Waals surface area contributed by atoms with Gasteiger partial charge in [-0.15, -0.1) is 0 Å². The van der Waals surface area contributed by atoms with Crippen LogP contribution in [0, 0.1) is 23.7 Å². The molecule has 188 valence electrons. The van der Waals surface area contributed by atoms with Crippen molar-refractivity contribution in [3.63, 3.8) is 0 Å². The zero-order chi connectivity index (χ0) is 25.2. The third-order valence-electron chi connectivity index (χ3n) is 11.4. The van der Waals surface area contributed by atoms with Crippen LogP contribution in [0.1, 0.15) is 68.2 Å². The third-order valence-corrected chi connectivity index (χ3v) is 11.4. The van der Waals surface area contributed by atoms with Gasteiger partial charge >= 0.3 is 0 Å². The van der Waals surface area contributed by atoms with Gasteiger partial charge in [0.05, 0.1) is 0 Å². The first-order chi connectivity index (χ1) is 18.5. The van der Waals surface area contributed by atoms with Crippen LogP contribution in [-0.2, 0) is 10.8 Å². The van der Waals surface area contributed by atoms with E-state index in [0.29, 0.717) is 0 Å². The number of nitrogens with one attached hydrogen (secondary N) is 1. The highest BCUT2D eigenvalue weighted by Crippen LogP contribution is 2.70. The van der Waals surface area contributed by atoms with E-state index in [1.54, 1.807) is 11.1 Å². The zero-order valence-electron chi connectivity index (χ0n) is 22.4. The van der Waals surface area contributed by atoms with Crippen molar-refractivity contribution in [3.05, 3.63) is 107 Å². The Labute approximate surface area is 226 Å². The molecule has 0 aromatic heterocycles. The van der Waals surface area contributed by atoms with E-state index < -0.39 is 0 Å². The van der Waals surface area contributed by atoms with Crippen molar-refractivity contribution in [2.45, 2.75) is 56.8 Å². The van der Waals surface area contributed by atoms with Gasteiger partial charge in [-0.3, -0.25) is 0 Å². The number of hydrogen-bond acceptors (Lipinski definition) is 1. The normalized spacial score (nSPS) is 30.2. The highest BCUT2D eigenvalue weighted by Gasteiger charge is 2.61. The Bertz CT molecular complexity index is 1610. The molecule has 4 saturated carbocycles. The highest BCUT2D eigenvalue weighted by molar-refractivity contribution is 5.92. The number of benzene rings is 4. The van der Waals surface area contributed by atoms with Gasteiger partial charge in [0, 0.05) is 27.8 Å². The average molecular weight is 494 g/mol. The second kappa shape index (κ2) is 7.20. The number of rotatable bonds is 2. The standard InChI is InChI=1S/C37H35N/c1-36(2)30-10-5-3-8-27(30)28-15-14-26(21-33(28)36)38-34-13-7-12-32-35(34)29-9-4-6-11-31(29)37(32)24-17-22-16-23(19-24)20-25(37)18-22/h3-15,21-25,38H,16-20H2,1-2H3. The number of fused-ring (bicyclic) bond motifs is 6. The Balaban J connectivity index is 1.19. The van der Waals surface area contributed by atoms with Gasteiger partial charge in [-0.1, -0.05) is 80.6 Å². The van der Waals surface area contributed by atoms with Crippen molar-refractivity contribution in [3.8, 4) is 22.3 Å². The van der Waals surface area contributed by atoms with Gasteiger partial charge in [-0.25, -0.2) is 0 Å². The smallest absolute Gasteiger partial charge is 0.0467 e. The maximum atomic E-state index is 3.94. The molecule has 1 nitrogen and oxygen atoms in total. The molecule has 10 rings (SSSR count). The monoisotopic (exact) mass is 493 g/mol. The van der Waals surface area contributed by atoms with Crippen molar-refractivity contribution < 1.29 is 0 Å². The van der Waals surface area contributed by atoms with Gasteiger partial charge in [0.1, 0.15) is 0 Å². The fraction of sp³-hybridized carbons (Fsp3) is 0.351. The first-order valence-electron chi connectivity index (χ1n) is 14.8. The van der Waals surface area contributed by atoms with Crippen molar-refractivity contribution in [2.75, 3.05) is 5.32 Å². The van der Waals surface area contributed by atoms with Gasteiger partial charge in [0.2, 0.25) is 0 Å². The van der Waals surface area contributed by atoms with E-state index >= 15 is 0 Å². The zero-order valence-corrected chi connectivity index (χ0v) is 22.4. The molecular formula is C37H35N. The lowest BCUT2D eigenvalue weighted by Gasteiger charge is -2.61. The summed E-state index contributed by atoms with van der Waals surface area (Å²) in [7, 11) is 0. The van der Waals surface area contributed by atoms with Gasteiger partial charge in [-0.05, 0) is 113 Å². The molecule has 1 heteroatoms. The molecule has 4 aromatic carbocycles. The highest BCUT2D eigenvalue weighted by atomic mass is 14.9. The van der Waals surface area contributed by atoms with E-state index in [1.807, 2.05) is 0 Å². The molecule has 0 aliphatic heterocycles. The van der Waals surface area contributed by atoms with Crippen LogP contribution in [0.3, 0.4) is 0 Å². The van der Waals surface area contributed by atoms with E-state index in [1.165, 1.54) is 76.9 Å². The number of anilines is 2. The predicted octanol–water partition coefficient (Wildman–Crippen LogP) is 9.46. The molecule has 38 heavy (non-hydrogen) atoms. The summed E-state index contributed by atoms with van der Waals surface area (Å²) in [5.74, 6) is 3.55. The molecule has 0 heterocycles. The summed E-state index contributed by atoms with van der Waals surface area (Å²) in [5.41, 5.74) is 14.5. The van der Waals surface area contributed by atoms with E-state index in [0.717, 1.165) is 23.7 Å². The first-order valence-corrected chi connectivity index (χ1v) is 14.8. The van der Waals surface area contributed by atoms with Crippen LogP contribution in [0.25, 0.3) is 22.3 Å². The summed E-state index contributed by atoms with van der Waals surface area (Å²) in [4.78, 5) is 0. The average Bonchev–Trinajstić information content (AvgIpc) is 3.35. The molecule has 1 spiro atoms. The third kappa shape index (κ3) is 2.54. The Morgan fingerprint density at radius 1 is 0.579 bits per heavy atom. The summed E-state index contributed by atoms with van der Waals surface area (Å²) in [5, 5.41) is 3.94. The molecule has 0 atom stereocenters. The summed E-state index contributed by atoms with van der Waals surface area (Å²) in [6.07, 6.45) is 7.22. The van der Waals surface area contributed by atoms with Gasteiger partial charge in [-0.2, -0.15) is 0 Å². The Morgan fingerprint density at radius 3 is 1.97 bits per heavy atom. The molecule has 6 aliphatic rings. The molecule has 4 aromatic rings. The summed E-state index contributed by atoms with van der Waals surface area (Å²) < 4.78 is 0. The molecule has 6 aliphatic carbocycles. The summed E-state index contributed by atoms with van der Waals surface area (Å²) >= 11 is 0. The maximum Gasteiger partial charge on any atom is 0.0467 e. The minimum Gasteiger partial charge on any atom is -0.355 e.